The molecule has 100 valence electrons. The molecule has 0 spiro atoms. The molecule has 0 heterocycles. The van der Waals surface area contributed by atoms with E-state index in [0.717, 1.165) is 28.0 Å². The van der Waals surface area contributed by atoms with Crippen molar-refractivity contribution in [1.82, 2.24) is 0 Å². The van der Waals surface area contributed by atoms with Crippen LogP contribution in [0.25, 0.3) is 0 Å². The van der Waals surface area contributed by atoms with Crippen LogP contribution in [-0.4, -0.2) is 0 Å². The van der Waals surface area contributed by atoms with Gasteiger partial charge in [-0.25, -0.2) is 0 Å². The molecule has 1 atom stereocenters. The normalized spacial score (nSPS) is 12.2. The van der Waals surface area contributed by atoms with E-state index in [1.54, 1.807) is 0 Å². The minimum absolute atomic E-state index is 0.000392. The van der Waals surface area contributed by atoms with Crippen LogP contribution in [0.4, 0.5) is 0 Å². The van der Waals surface area contributed by atoms with Gasteiger partial charge in [0.25, 0.3) is 0 Å². The molecule has 0 saturated heterocycles. The summed E-state index contributed by atoms with van der Waals surface area (Å²) in [4.78, 5) is 0. The molecule has 0 aliphatic carbocycles. The lowest BCUT2D eigenvalue weighted by Gasteiger charge is -2.16. The predicted molar refractivity (Wildman–Crippen MR) is 82.6 cm³/mol. The molecule has 0 unspecified atom stereocenters. The van der Waals surface area contributed by atoms with E-state index < -0.39 is 0 Å². The highest BCUT2D eigenvalue weighted by Crippen LogP contribution is 2.34. The van der Waals surface area contributed by atoms with Crippen LogP contribution in [-0.2, 0) is 0 Å². The third kappa shape index (κ3) is 3.37. The van der Waals surface area contributed by atoms with Crippen molar-refractivity contribution in [3.8, 4) is 11.5 Å². The molecule has 2 nitrogen and oxygen atoms in total. The van der Waals surface area contributed by atoms with Crippen molar-refractivity contribution in [3.63, 3.8) is 0 Å². The molecule has 0 fully saturated rings. The molecule has 0 aliphatic rings. The summed E-state index contributed by atoms with van der Waals surface area (Å²) in [5.74, 6) is 1.63. The van der Waals surface area contributed by atoms with Crippen molar-refractivity contribution < 1.29 is 4.74 Å². The number of hydrogen-bond donors (Lipinski definition) is 1. The molecule has 0 radical (unpaired) electrons. The number of aryl methyl sites for hydroxylation is 1. The lowest BCUT2D eigenvalue weighted by molar-refractivity contribution is 0.466. The Kier molecular flexibility index (Phi) is 4.61. The molecular weight excluding hydrogens is 302 g/mol. The van der Waals surface area contributed by atoms with Gasteiger partial charge in [-0.15, -0.1) is 0 Å². The molecule has 3 heteroatoms. The van der Waals surface area contributed by atoms with Gasteiger partial charge in [-0.05, 0) is 53.0 Å². The fourth-order valence-electron chi connectivity index (χ4n) is 1.91. The number of hydrogen-bond acceptors (Lipinski definition) is 2. The zero-order chi connectivity index (χ0) is 13.8. The van der Waals surface area contributed by atoms with E-state index in [4.69, 9.17) is 10.5 Å². The molecule has 0 aliphatic heterocycles. The maximum Gasteiger partial charge on any atom is 0.141 e. The first-order valence-corrected chi connectivity index (χ1v) is 7.19. The summed E-state index contributed by atoms with van der Waals surface area (Å²) >= 11 is 3.53. The number of benzene rings is 2. The fraction of sp³-hybridized carbons (Fsp3) is 0.250. The Balaban J connectivity index is 2.33. The van der Waals surface area contributed by atoms with Gasteiger partial charge in [-0.2, -0.15) is 0 Å². The van der Waals surface area contributed by atoms with Gasteiger partial charge < -0.3 is 10.5 Å². The highest BCUT2D eigenvalue weighted by Gasteiger charge is 2.11. The summed E-state index contributed by atoms with van der Waals surface area (Å²) in [7, 11) is 0. The van der Waals surface area contributed by atoms with Gasteiger partial charge in [0, 0.05) is 11.6 Å². The minimum Gasteiger partial charge on any atom is -0.456 e. The molecule has 0 bridgehead atoms. The maximum atomic E-state index is 6.12. The highest BCUT2D eigenvalue weighted by molar-refractivity contribution is 9.10. The monoisotopic (exact) mass is 319 g/mol. The largest absolute Gasteiger partial charge is 0.456 e. The summed E-state index contributed by atoms with van der Waals surface area (Å²) in [6.45, 7) is 4.12. The third-order valence-electron chi connectivity index (χ3n) is 3.07. The average molecular weight is 320 g/mol. The molecule has 2 N–H and O–H groups in total. The SMILES string of the molecule is CC[C@H](N)c1ccccc1Oc1ccc(C)cc1Br. The first-order valence-electron chi connectivity index (χ1n) is 6.40. The maximum absolute atomic E-state index is 6.12. The van der Waals surface area contributed by atoms with Crippen LogP contribution in [0.15, 0.2) is 46.9 Å². The summed E-state index contributed by atoms with van der Waals surface area (Å²) in [5.41, 5.74) is 8.35. The topological polar surface area (TPSA) is 35.2 Å². The van der Waals surface area contributed by atoms with E-state index in [-0.39, 0.29) is 6.04 Å². The molecule has 0 amide bonds. The van der Waals surface area contributed by atoms with Crippen LogP contribution in [0.2, 0.25) is 0 Å². The van der Waals surface area contributed by atoms with Gasteiger partial charge in [-0.3, -0.25) is 0 Å². The summed E-state index contributed by atoms with van der Waals surface area (Å²) in [6, 6.07) is 14.0. The fourth-order valence-corrected chi connectivity index (χ4v) is 2.48. The third-order valence-corrected chi connectivity index (χ3v) is 3.69. The molecular formula is C16H18BrNO. The first kappa shape index (κ1) is 14.1. The van der Waals surface area contributed by atoms with E-state index in [9.17, 15) is 0 Å². The summed E-state index contributed by atoms with van der Waals surface area (Å²) in [5, 5.41) is 0. The molecule has 0 saturated carbocycles. The van der Waals surface area contributed by atoms with Crippen molar-refractivity contribution in [1.29, 1.82) is 0 Å². The predicted octanol–water partition coefficient (Wildman–Crippen LogP) is 4.96. The summed E-state index contributed by atoms with van der Waals surface area (Å²) < 4.78 is 6.94. The molecule has 19 heavy (non-hydrogen) atoms. The van der Waals surface area contributed by atoms with Gasteiger partial charge in [0.1, 0.15) is 11.5 Å². The number of nitrogens with two attached hydrogens (primary N) is 1. The van der Waals surface area contributed by atoms with Crippen molar-refractivity contribution >= 4 is 15.9 Å². The Morgan fingerprint density at radius 1 is 1.16 bits per heavy atom. The molecule has 0 aromatic heterocycles. The molecule has 2 aromatic rings. The Hall–Kier alpha value is -1.32. The van der Waals surface area contributed by atoms with E-state index in [1.807, 2.05) is 42.5 Å². The highest BCUT2D eigenvalue weighted by atomic mass is 79.9. The molecule has 2 rings (SSSR count). The lowest BCUT2D eigenvalue weighted by atomic mass is 10.0. The van der Waals surface area contributed by atoms with Crippen LogP contribution in [0.1, 0.15) is 30.5 Å². The Labute approximate surface area is 122 Å². The van der Waals surface area contributed by atoms with Crippen molar-refractivity contribution in [2.24, 2.45) is 5.73 Å². The van der Waals surface area contributed by atoms with Gasteiger partial charge in [0.05, 0.1) is 4.47 Å². The van der Waals surface area contributed by atoms with Crippen molar-refractivity contribution in [3.05, 3.63) is 58.1 Å². The zero-order valence-electron chi connectivity index (χ0n) is 11.2. The second-order valence-electron chi connectivity index (χ2n) is 4.59. The van der Waals surface area contributed by atoms with Crippen molar-refractivity contribution in [2.75, 3.05) is 0 Å². The van der Waals surface area contributed by atoms with Crippen LogP contribution < -0.4 is 10.5 Å². The first-order chi connectivity index (χ1) is 9.11. The van der Waals surface area contributed by atoms with Crippen LogP contribution in [0.3, 0.4) is 0 Å². The second kappa shape index (κ2) is 6.22. The Bertz CT molecular complexity index is 568. The average Bonchev–Trinajstić information content (AvgIpc) is 2.41. The minimum atomic E-state index is 0.000392. The second-order valence-corrected chi connectivity index (χ2v) is 5.44. The van der Waals surface area contributed by atoms with Crippen LogP contribution in [0.5, 0.6) is 11.5 Å². The summed E-state index contributed by atoms with van der Waals surface area (Å²) in [6.07, 6.45) is 0.884. The van der Waals surface area contributed by atoms with Gasteiger partial charge >= 0.3 is 0 Å². The van der Waals surface area contributed by atoms with E-state index >= 15 is 0 Å². The zero-order valence-corrected chi connectivity index (χ0v) is 12.8. The standard InChI is InChI=1S/C16H18BrNO/c1-3-14(18)12-6-4-5-7-15(12)19-16-9-8-11(2)10-13(16)17/h4-10,14H,3,18H2,1-2H3/t14-/m0/s1. The Morgan fingerprint density at radius 2 is 1.89 bits per heavy atom. The Morgan fingerprint density at radius 3 is 2.58 bits per heavy atom. The molecule has 2 aromatic carbocycles. The number of rotatable bonds is 4. The van der Waals surface area contributed by atoms with E-state index in [2.05, 4.69) is 29.8 Å². The van der Waals surface area contributed by atoms with E-state index in [0.29, 0.717) is 0 Å². The van der Waals surface area contributed by atoms with Crippen LogP contribution >= 0.6 is 15.9 Å². The van der Waals surface area contributed by atoms with Crippen LogP contribution in [0, 0.1) is 6.92 Å². The number of ether oxygens (including phenoxy) is 1. The number of halogens is 1. The van der Waals surface area contributed by atoms with Crippen molar-refractivity contribution in [2.45, 2.75) is 26.3 Å². The van der Waals surface area contributed by atoms with Gasteiger partial charge in [-0.1, -0.05) is 31.2 Å². The smallest absolute Gasteiger partial charge is 0.141 e. The van der Waals surface area contributed by atoms with E-state index in [1.165, 1.54) is 5.56 Å². The number of para-hydroxylation sites is 1. The quantitative estimate of drug-likeness (QED) is 0.864. The van der Waals surface area contributed by atoms with Gasteiger partial charge in [0.15, 0.2) is 0 Å². The lowest BCUT2D eigenvalue weighted by Crippen LogP contribution is -2.09. The van der Waals surface area contributed by atoms with Gasteiger partial charge in [0.2, 0.25) is 0 Å².